The number of hydrogen-bond donors (Lipinski definition) is 1. The van der Waals surface area contributed by atoms with Crippen LogP contribution in [-0.2, 0) is 0 Å². The van der Waals surface area contributed by atoms with Crippen LogP contribution in [-0.4, -0.2) is 20.1 Å². The second-order valence-electron chi connectivity index (χ2n) is 4.68. The van der Waals surface area contributed by atoms with Crippen LogP contribution in [0, 0.1) is 17.1 Å². The van der Waals surface area contributed by atoms with E-state index >= 15 is 0 Å². The number of halogens is 1. The van der Waals surface area contributed by atoms with Crippen LogP contribution in [0.1, 0.15) is 38.3 Å². The zero-order valence-corrected chi connectivity index (χ0v) is 11.9. The van der Waals surface area contributed by atoms with Crippen molar-refractivity contribution in [1.82, 2.24) is 5.32 Å². The Labute approximate surface area is 115 Å². The topological polar surface area (TPSA) is 39.1 Å². The molecule has 1 aromatic rings. The van der Waals surface area contributed by atoms with Gasteiger partial charge in [0.05, 0.1) is 18.2 Å². The fourth-order valence-corrected chi connectivity index (χ4v) is 2.08. The van der Waals surface area contributed by atoms with E-state index in [9.17, 15) is 4.39 Å². The van der Waals surface area contributed by atoms with Crippen molar-refractivity contribution >= 4 is 5.69 Å². The molecule has 0 aromatic heterocycles. The van der Waals surface area contributed by atoms with E-state index in [1.165, 1.54) is 6.07 Å². The van der Waals surface area contributed by atoms with Gasteiger partial charge >= 0.3 is 0 Å². The molecular weight excluding hydrogens is 241 g/mol. The van der Waals surface area contributed by atoms with Crippen molar-refractivity contribution < 1.29 is 4.39 Å². The summed E-state index contributed by atoms with van der Waals surface area (Å²) >= 11 is 0. The largest absolute Gasteiger partial charge is 0.371 e. The number of para-hydroxylation sites is 1. The van der Waals surface area contributed by atoms with Gasteiger partial charge in [0.25, 0.3) is 0 Å². The highest BCUT2D eigenvalue weighted by Crippen LogP contribution is 2.28. The Bertz CT molecular complexity index is 440. The van der Waals surface area contributed by atoms with Crippen molar-refractivity contribution in [2.24, 2.45) is 0 Å². The monoisotopic (exact) mass is 263 g/mol. The highest BCUT2D eigenvalue weighted by atomic mass is 19.1. The van der Waals surface area contributed by atoms with Gasteiger partial charge in [-0.3, -0.25) is 0 Å². The zero-order valence-electron chi connectivity index (χ0n) is 11.9. The highest BCUT2D eigenvalue weighted by molar-refractivity contribution is 5.55. The van der Waals surface area contributed by atoms with E-state index in [0.29, 0.717) is 18.7 Å². The van der Waals surface area contributed by atoms with E-state index in [1.54, 1.807) is 6.07 Å². The maximum atomic E-state index is 14.1. The molecule has 0 saturated heterocycles. The number of nitrogens with zero attached hydrogens (tertiary/aromatic N) is 2. The van der Waals surface area contributed by atoms with E-state index in [-0.39, 0.29) is 11.9 Å². The molecule has 19 heavy (non-hydrogen) atoms. The standard InChI is InChI=1S/C15H22FN3/c1-4-10-18-12(2)13-7-5-8-14(16)15(13)19(3)11-6-9-17/h5,7-8,12,18H,4,6,10-11H2,1-3H3. The van der Waals surface area contributed by atoms with Gasteiger partial charge in [-0.05, 0) is 31.5 Å². The number of anilines is 1. The molecule has 1 N–H and O–H groups in total. The molecule has 0 amide bonds. The van der Waals surface area contributed by atoms with Gasteiger partial charge in [0.15, 0.2) is 0 Å². The molecule has 3 nitrogen and oxygen atoms in total. The lowest BCUT2D eigenvalue weighted by Crippen LogP contribution is -2.25. The summed E-state index contributed by atoms with van der Waals surface area (Å²) in [6.45, 7) is 5.57. The van der Waals surface area contributed by atoms with Crippen LogP contribution in [0.4, 0.5) is 10.1 Å². The highest BCUT2D eigenvalue weighted by Gasteiger charge is 2.16. The van der Waals surface area contributed by atoms with Gasteiger partial charge in [-0.25, -0.2) is 4.39 Å². The minimum Gasteiger partial charge on any atom is -0.371 e. The summed E-state index contributed by atoms with van der Waals surface area (Å²) in [5.74, 6) is -0.233. The van der Waals surface area contributed by atoms with Gasteiger partial charge in [0.2, 0.25) is 0 Å². The Balaban J connectivity index is 2.97. The summed E-state index contributed by atoms with van der Waals surface area (Å²) < 4.78 is 14.1. The molecule has 1 atom stereocenters. The van der Waals surface area contributed by atoms with Crippen LogP contribution >= 0.6 is 0 Å². The summed E-state index contributed by atoms with van der Waals surface area (Å²) in [5, 5.41) is 12.0. The Kier molecular flexibility index (Phi) is 6.31. The van der Waals surface area contributed by atoms with Crippen LogP contribution in [0.5, 0.6) is 0 Å². The van der Waals surface area contributed by atoms with E-state index in [4.69, 9.17) is 5.26 Å². The number of benzene rings is 1. The summed E-state index contributed by atoms with van der Waals surface area (Å²) in [4.78, 5) is 1.82. The molecule has 0 saturated carbocycles. The van der Waals surface area contributed by atoms with Crippen LogP contribution in [0.2, 0.25) is 0 Å². The SMILES string of the molecule is CCCNC(C)c1cccc(F)c1N(C)CCC#N. The van der Waals surface area contributed by atoms with Crippen molar-refractivity contribution in [3.8, 4) is 6.07 Å². The normalized spacial score (nSPS) is 11.9. The van der Waals surface area contributed by atoms with Gasteiger partial charge in [-0.1, -0.05) is 19.1 Å². The number of nitriles is 1. The van der Waals surface area contributed by atoms with Crippen molar-refractivity contribution in [3.63, 3.8) is 0 Å². The predicted molar refractivity (Wildman–Crippen MR) is 76.6 cm³/mol. The van der Waals surface area contributed by atoms with E-state index < -0.39 is 0 Å². The van der Waals surface area contributed by atoms with Gasteiger partial charge in [-0.2, -0.15) is 5.26 Å². The predicted octanol–water partition coefficient (Wildman–Crippen LogP) is 3.24. The molecule has 1 rings (SSSR count). The maximum Gasteiger partial charge on any atom is 0.146 e. The van der Waals surface area contributed by atoms with Crippen LogP contribution in [0.3, 0.4) is 0 Å². The molecule has 1 aromatic carbocycles. The average molecular weight is 263 g/mol. The molecule has 4 heteroatoms. The van der Waals surface area contributed by atoms with Gasteiger partial charge in [-0.15, -0.1) is 0 Å². The van der Waals surface area contributed by atoms with Gasteiger partial charge in [0.1, 0.15) is 5.82 Å². The lowest BCUT2D eigenvalue weighted by molar-refractivity contribution is 0.560. The smallest absolute Gasteiger partial charge is 0.146 e. The minimum atomic E-state index is -0.233. The first kappa shape index (κ1) is 15.5. The Morgan fingerprint density at radius 2 is 2.21 bits per heavy atom. The maximum absolute atomic E-state index is 14.1. The van der Waals surface area contributed by atoms with Crippen molar-refractivity contribution in [2.75, 3.05) is 25.0 Å². The van der Waals surface area contributed by atoms with Crippen molar-refractivity contribution in [2.45, 2.75) is 32.7 Å². The molecule has 104 valence electrons. The van der Waals surface area contributed by atoms with E-state index in [0.717, 1.165) is 18.5 Å². The lowest BCUT2D eigenvalue weighted by Gasteiger charge is -2.25. The molecule has 1 unspecified atom stereocenters. The molecule has 0 radical (unpaired) electrons. The molecular formula is C15H22FN3. The summed E-state index contributed by atoms with van der Waals surface area (Å²) in [7, 11) is 1.83. The first-order chi connectivity index (χ1) is 9.11. The summed E-state index contributed by atoms with van der Waals surface area (Å²) in [6.07, 6.45) is 1.43. The minimum absolute atomic E-state index is 0.0928. The molecule has 0 bridgehead atoms. The number of hydrogen-bond acceptors (Lipinski definition) is 3. The van der Waals surface area contributed by atoms with Crippen molar-refractivity contribution in [3.05, 3.63) is 29.6 Å². The number of nitrogens with one attached hydrogen (secondary N) is 1. The third-order valence-electron chi connectivity index (χ3n) is 3.13. The molecule has 0 aliphatic rings. The fraction of sp³-hybridized carbons (Fsp3) is 0.533. The lowest BCUT2D eigenvalue weighted by atomic mass is 10.0. The van der Waals surface area contributed by atoms with E-state index in [2.05, 4.69) is 18.3 Å². The second kappa shape index (κ2) is 7.75. The average Bonchev–Trinajstić information content (AvgIpc) is 2.41. The van der Waals surface area contributed by atoms with Gasteiger partial charge in [0, 0.05) is 19.6 Å². The molecule has 0 fully saturated rings. The summed E-state index contributed by atoms with van der Waals surface area (Å²) in [5.41, 5.74) is 1.53. The van der Waals surface area contributed by atoms with Crippen LogP contribution < -0.4 is 10.2 Å². The molecule has 0 aliphatic carbocycles. The first-order valence-corrected chi connectivity index (χ1v) is 6.71. The Morgan fingerprint density at radius 1 is 1.47 bits per heavy atom. The number of rotatable bonds is 7. The first-order valence-electron chi connectivity index (χ1n) is 6.71. The molecule has 0 heterocycles. The van der Waals surface area contributed by atoms with E-state index in [1.807, 2.05) is 24.9 Å². The van der Waals surface area contributed by atoms with Crippen LogP contribution in [0.25, 0.3) is 0 Å². The zero-order chi connectivity index (χ0) is 14.3. The molecule has 0 spiro atoms. The molecule has 0 aliphatic heterocycles. The quantitative estimate of drug-likeness (QED) is 0.821. The fourth-order valence-electron chi connectivity index (χ4n) is 2.08. The third-order valence-corrected chi connectivity index (χ3v) is 3.13. The Morgan fingerprint density at radius 3 is 2.84 bits per heavy atom. The van der Waals surface area contributed by atoms with Gasteiger partial charge < -0.3 is 10.2 Å². The van der Waals surface area contributed by atoms with Crippen LogP contribution in [0.15, 0.2) is 18.2 Å². The Hall–Kier alpha value is -1.60. The summed E-state index contributed by atoms with van der Waals surface area (Å²) in [6, 6.07) is 7.32. The van der Waals surface area contributed by atoms with Crippen molar-refractivity contribution in [1.29, 1.82) is 5.26 Å². The third kappa shape index (κ3) is 4.22. The second-order valence-corrected chi connectivity index (χ2v) is 4.68.